The molecule has 1 N–H and O–H groups in total. The molecule has 1 aliphatic rings. The van der Waals surface area contributed by atoms with Crippen molar-refractivity contribution in [3.8, 4) is 11.8 Å². The van der Waals surface area contributed by atoms with E-state index in [1.54, 1.807) is 13.0 Å². The van der Waals surface area contributed by atoms with E-state index in [9.17, 15) is 9.50 Å². The summed E-state index contributed by atoms with van der Waals surface area (Å²) >= 11 is 0. The summed E-state index contributed by atoms with van der Waals surface area (Å²) in [6, 6.07) is 12.6. The van der Waals surface area contributed by atoms with Crippen molar-refractivity contribution < 1.29 is 14.2 Å². The fourth-order valence-corrected chi connectivity index (χ4v) is 3.02. The molecular formula is C21H22FNO2. The topological polar surface area (TPSA) is 32.7 Å². The van der Waals surface area contributed by atoms with Crippen LogP contribution in [0, 0.1) is 24.6 Å². The Morgan fingerprint density at radius 3 is 2.52 bits per heavy atom. The van der Waals surface area contributed by atoms with E-state index < -0.39 is 5.60 Å². The number of aryl methyl sites for hydroxylation is 1. The first-order chi connectivity index (χ1) is 12.0. The molecule has 2 aromatic rings. The van der Waals surface area contributed by atoms with Crippen LogP contribution in [0.5, 0.6) is 0 Å². The summed E-state index contributed by atoms with van der Waals surface area (Å²) in [6.45, 7) is 6.00. The summed E-state index contributed by atoms with van der Waals surface area (Å²) in [5, 5.41) is 10.8. The van der Waals surface area contributed by atoms with Crippen LogP contribution in [0.1, 0.15) is 23.6 Å². The van der Waals surface area contributed by atoms with Crippen LogP contribution >= 0.6 is 0 Å². The normalized spacial score (nSPS) is 16.7. The van der Waals surface area contributed by atoms with Crippen molar-refractivity contribution in [1.82, 2.24) is 0 Å². The molecule has 1 heterocycles. The first-order valence-corrected chi connectivity index (χ1v) is 8.41. The molecule has 2 aromatic carbocycles. The monoisotopic (exact) mass is 339 g/mol. The quantitative estimate of drug-likeness (QED) is 0.853. The van der Waals surface area contributed by atoms with Crippen LogP contribution in [0.25, 0.3) is 0 Å². The predicted octanol–water partition coefficient (Wildman–Crippen LogP) is 3.23. The Balaban J connectivity index is 1.91. The van der Waals surface area contributed by atoms with Gasteiger partial charge in [0, 0.05) is 24.2 Å². The molecule has 25 heavy (non-hydrogen) atoms. The van der Waals surface area contributed by atoms with Gasteiger partial charge in [-0.3, -0.25) is 0 Å². The number of aliphatic hydroxyl groups is 1. The van der Waals surface area contributed by atoms with E-state index in [1.807, 2.05) is 42.2 Å². The van der Waals surface area contributed by atoms with Gasteiger partial charge in [-0.1, -0.05) is 30.0 Å². The van der Waals surface area contributed by atoms with Crippen molar-refractivity contribution in [2.75, 3.05) is 31.2 Å². The fraction of sp³-hybridized carbons (Fsp3) is 0.333. The first-order valence-electron chi connectivity index (χ1n) is 8.41. The summed E-state index contributed by atoms with van der Waals surface area (Å²) in [5.41, 5.74) is 1.24. The van der Waals surface area contributed by atoms with Gasteiger partial charge >= 0.3 is 0 Å². The average Bonchev–Trinajstić information content (AvgIpc) is 2.63. The molecule has 1 atom stereocenters. The van der Waals surface area contributed by atoms with Gasteiger partial charge in [0.25, 0.3) is 0 Å². The Morgan fingerprint density at radius 2 is 1.84 bits per heavy atom. The van der Waals surface area contributed by atoms with E-state index in [0.29, 0.717) is 37.6 Å². The fourth-order valence-electron chi connectivity index (χ4n) is 3.02. The van der Waals surface area contributed by atoms with Gasteiger partial charge in [-0.05, 0) is 43.7 Å². The highest BCUT2D eigenvalue weighted by Crippen LogP contribution is 2.30. The number of nitrogens with zero attached hydrogens (tertiary/aromatic N) is 1. The van der Waals surface area contributed by atoms with E-state index in [-0.39, 0.29) is 5.82 Å². The van der Waals surface area contributed by atoms with Gasteiger partial charge in [0.05, 0.1) is 18.9 Å². The van der Waals surface area contributed by atoms with Crippen LogP contribution in [0.2, 0.25) is 0 Å². The Hall–Kier alpha value is -2.35. The third-order valence-corrected chi connectivity index (χ3v) is 4.39. The Morgan fingerprint density at radius 1 is 1.16 bits per heavy atom. The Labute approximate surface area is 148 Å². The van der Waals surface area contributed by atoms with Crippen LogP contribution in [0.15, 0.2) is 42.5 Å². The van der Waals surface area contributed by atoms with Crippen molar-refractivity contribution in [3.63, 3.8) is 0 Å². The SMILES string of the molecule is Cc1cc(N2CCOCC2)c(F)cc1[C@@](C)(O)C#Cc1ccccc1. The van der Waals surface area contributed by atoms with Gasteiger partial charge in [-0.2, -0.15) is 0 Å². The molecule has 0 bridgehead atoms. The maximum atomic E-state index is 14.7. The average molecular weight is 339 g/mol. The van der Waals surface area contributed by atoms with Crippen LogP contribution in [-0.2, 0) is 10.3 Å². The number of hydrogen-bond donors (Lipinski definition) is 1. The Bertz CT molecular complexity index is 800. The van der Waals surface area contributed by atoms with Gasteiger partial charge in [-0.15, -0.1) is 0 Å². The lowest BCUT2D eigenvalue weighted by Crippen LogP contribution is -2.37. The molecule has 4 heteroatoms. The Kier molecular flexibility index (Phi) is 5.08. The van der Waals surface area contributed by atoms with Gasteiger partial charge in [0.2, 0.25) is 0 Å². The minimum Gasteiger partial charge on any atom is -0.378 e. The lowest BCUT2D eigenvalue weighted by atomic mass is 9.91. The summed E-state index contributed by atoms with van der Waals surface area (Å²) in [4.78, 5) is 1.97. The second-order valence-electron chi connectivity index (χ2n) is 6.41. The molecule has 0 spiro atoms. The summed E-state index contributed by atoms with van der Waals surface area (Å²) in [5.74, 6) is 5.48. The number of benzene rings is 2. The minimum absolute atomic E-state index is 0.343. The number of anilines is 1. The molecule has 0 saturated carbocycles. The molecule has 0 amide bonds. The molecule has 1 saturated heterocycles. The third-order valence-electron chi connectivity index (χ3n) is 4.39. The van der Waals surface area contributed by atoms with E-state index in [0.717, 1.165) is 11.1 Å². The van der Waals surface area contributed by atoms with Crippen molar-refractivity contribution in [1.29, 1.82) is 0 Å². The lowest BCUT2D eigenvalue weighted by molar-refractivity contribution is 0.120. The van der Waals surface area contributed by atoms with Crippen molar-refractivity contribution in [2.24, 2.45) is 0 Å². The summed E-state index contributed by atoms with van der Waals surface area (Å²) in [6.07, 6.45) is 0. The summed E-state index contributed by atoms with van der Waals surface area (Å²) < 4.78 is 20.0. The van der Waals surface area contributed by atoms with E-state index in [1.165, 1.54) is 6.07 Å². The molecule has 1 aliphatic heterocycles. The highest BCUT2D eigenvalue weighted by molar-refractivity contribution is 5.55. The number of hydrogen-bond acceptors (Lipinski definition) is 3. The zero-order valence-corrected chi connectivity index (χ0v) is 14.6. The van der Waals surface area contributed by atoms with Crippen molar-refractivity contribution >= 4 is 5.69 Å². The zero-order valence-electron chi connectivity index (χ0n) is 14.6. The number of morpholine rings is 1. The molecule has 3 rings (SSSR count). The van der Waals surface area contributed by atoms with Crippen molar-refractivity contribution in [3.05, 3.63) is 65.0 Å². The first kappa shape index (κ1) is 17.5. The summed E-state index contributed by atoms with van der Waals surface area (Å²) in [7, 11) is 0. The smallest absolute Gasteiger partial charge is 0.148 e. The number of rotatable bonds is 2. The number of ether oxygens (including phenoxy) is 1. The van der Waals surface area contributed by atoms with Crippen LogP contribution in [0.4, 0.5) is 10.1 Å². The molecule has 3 nitrogen and oxygen atoms in total. The zero-order chi connectivity index (χ0) is 17.9. The second kappa shape index (κ2) is 7.26. The maximum absolute atomic E-state index is 14.7. The molecular weight excluding hydrogens is 317 g/mol. The lowest BCUT2D eigenvalue weighted by Gasteiger charge is -2.30. The molecule has 130 valence electrons. The second-order valence-corrected chi connectivity index (χ2v) is 6.41. The van der Waals surface area contributed by atoms with Gasteiger partial charge in [0.15, 0.2) is 0 Å². The standard InChI is InChI=1S/C21H22FNO2/c1-16-14-20(23-10-12-25-13-11-23)19(22)15-18(16)21(2,24)9-8-17-6-4-3-5-7-17/h3-7,14-15,24H,10-13H2,1-2H3/t21-/m0/s1. The van der Waals surface area contributed by atoms with E-state index in [4.69, 9.17) is 4.74 Å². The van der Waals surface area contributed by atoms with Gasteiger partial charge in [-0.25, -0.2) is 4.39 Å². The molecule has 1 fully saturated rings. The minimum atomic E-state index is -1.43. The molecule has 0 radical (unpaired) electrons. The van der Waals surface area contributed by atoms with Crippen LogP contribution < -0.4 is 4.90 Å². The van der Waals surface area contributed by atoms with Crippen molar-refractivity contribution in [2.45, 2.75) is 19.4 Å². The number of halogens is 1. The van der Waals surface area contributed by atoms with Gasteiger partial charge < -0.3 is 14.7 Å². The predicted molar refractivity (Wildman–Crippen MR) is 97.1 cm³/mol. The largest absolute Gasteiger partial charge is 0.378 e. The third kappa shape index (κ3) is 4.01. The van der Waals surface area contributed by atoms with Crippen LogP contribution in [0.3, 0.4) is 0 Å². The molecule has 0 aromatic heterocycles. The highest BCUT2D eigenvalue weighted by Gasteiger charge is 2.25. The van der Waals surface area contributed by atoms with Crippen LogP contribution in [-0.4, -0.2) is 31.4 Å². The molecule has 0 unspecified atom stereocenters. The molecule has 0 aliphatic carbocycles. The van der Waals surface area contributed by atoms with E-state index >= 15 is 0 Å². The van der Waals surface area contributed by atoms with Gasteiger partial charge in [0.1, 0.15) is 11.4 Å². The highest BCUT2D eigenvalue weighted by atomic mass is 19.1. The van der Waals surface area contributed by atoms with E-state index in [2.05, 4.69) is 11.8 Å². The maximum Gasteiger partial charge on any atom is 0.148 e.